The number of hydrogen-bond donors (Lipinski definition) is 2. The fourth-order valence-corrected chi connectivity index (χ4v) is 5.10. The number of rotatable bonds is 7. The number of likely N-dealkylation sites (tertiary alicyclic amines) is 1. The Morgan fingerprint density at radius 1 is 1.17 bits per heavy atom. The number of piperidine rings is 1. The lowest BCUT2D eigenvalue weighted by atomic mass is 9.95. The summed E-state index contributed by atoms with van der Waals surface area (Å²) >= 11 is 0. The van der Waals surface area contributed by atoms with Crippen molar-refractivity contribution in [2.24, 2.45) is 4.99 Å². The maximum atomic E-state index is 12.1. The zero-order chi connectivity index (χ0) is 17.2. The second kappa shape index (κ2) is 11.1. The predicted octanol–water partition coefficient (Wildman–Crippen LogP) is 2.11. The Labute approximate surface area is 150 Å². The number of aliphatic imine (C=N–C) groups is 1. The third-order valence-electron chi connectivity index (χ3n) is 5.10. The molecule has 2 rings (SSSR count). The average molecular weight is 357 g/mol. The SMILES string of the molecule is CCNC(=NCCN1CCCCC1)NC1CCCC(S(=O)CC)C1. The van der Waals surface area contributed by atoms with E-state index in [1.807, 2.05) is 6.92 Å². The van der Waals surface area contributed by atoms with Crippen LogP contribution in [0.15, 0.2) is 4.99 Å². The van der Waals surface area contributed by atoms with Crippen molar-refractivity contribution in [2.45, 2.75) is 70.1 Å². The number of guanidine groups is 1. The van der Waals surface area contributed by atoms with E-state index in [1.165, 1.54) is 38.8 Å². The summed E-state index contributed by atoms with van der Waals surface area (Å²) in [5.74, 6) is 1.71. The largest absolute Gasteiger partial charge is 0.357 e. The van der Waals surface area contributed by atoms with Crippen molar-refractivity contribution in [3.05, 3.63) is 0 Å². The zero-order valence-electron chi connectivity index (χ0n) is 15.6. The third kappa shape index (κ3) is 6.71. The van der Waals surface area contributed by atoms with Crippen molar-refractivity contribution in [1.82, 2.24) is 15.5 Å². The first-order valence-electron chi connectivity index (χ1n) is 9.87. The molecule has 140 valence electrons. The number of nitrogens with zero attached hydrogens (tertiary/aromatic N) is 2. The molecule has 1 aliphatic heterocycles. The van der Waals surface area contributed by atoms with Crippen molar-refractivity contribution in [1.29, 1.82) is 0 Å². The first-order valence-corrected chi connectivity index (χ1v) is 11.3. The first-order chi connectivity index (χ1) is 11.7. The van der Waals surface area contributed by atoms with Gasteiger partial charge in [0, 0.05) is 40.9 Å². The molecule has 3 atom stereocenters. The summed E-state index contributed by atoms with van der Waals surface area (Å²) in [6, 6.07) is 0.409. The van der Waals surface area contributed by atoms with Gasteiger partial charge in [-0.1, -0.05) is 19.8 Å². The average Bonchev–Trinajstić information content (AvgIpc) is 2.62. The molecule has 5 nitrogen and oxygen atoms in total. The predicted molar refractivity (Wildman–Crippen MR) is 104 cm³/mol. The minimum atomic E-state index is -0.668. The summed E-state index contributed by atoms with van der Waals surface area (Å²) < 4.78 is 12.1. The van der Waals surface area contributed by atoms with Gasteiger partial charge in [-0.15, -0.1) is 0 Å². The van der Waals surface area contributed by atoms with Crippen LogP contribution in [0.1, 0.15) is 58.8 Å². The Balaban J connectivity index is 1.80. The van der Waals surface area contributed by atoms with Gasteiger partial charge in [0.2, 0.25) is 0 Å². The van der Waals surface area contributed by atoms with Gasteiger partial charge in [0.05, 0.1) is 6.54 Å². The molecule has 1 saturated heterocycles. The summed E-state index contributed by atoms with van der Waals surface area (Å²) in [4.78, 5) is 7.29. The van der Waals surface area contributed by atoms with Crippen molar-refractivity contribution >= 4 is 16.8 Å². The quantitative estimate of drug-likeness (QED) is 0.542. The Morgan fingerprint density at radius 2 is 1.96 bits per heavy atom. The van der Waals surface area contributed by atoms with Crippen LogP contribution in [0, 0.1) is 0 Å². The van der Waals surface area contributed by atoms with E-state index in [1.54, 1.807) is 0 Å². The van der Waals surface area contributed by atoms with E-state index in [2.05, 4.69) is 22.5 Å². The fourth-order valence-electron chi connectivity index (χ4n) is 3.75. The summed E-state index contributed by atoms with van der Waals surface area (Å²) in [6.07, 6.45) is 8.50. The van der Waals surface area contributed by atoms with Gasteiger partial charge < -0.3 is 15.5 Å². The molecule has 6 heteroatoms. The highest BCUT2D eigenvalue weighted by molar-refractivity contribution is 7.85. The molecule has 2 fully saturated rings. The van der Waals surface area contributed by atoms with Gasteiger partial charge in [-0.3, -0.25) is 9.20 Å². The van der Waals surface area contributed by atoms with Crippen LogP contribution in [0.25, 0.3) is 0 Å². The Hall–Kier alpha value is -0.620. The monoisotopic (exact) mass is 356 g/mol. The van der Waals surface area contributed by atoms with Gasteiger partial charge in [-0.25, -0.2) is 0 Å². The van der Waals surface area contributed by atoms with E-state index in [0.29, 0.717) is 11.3 Å². The summed E-state index contributed by atoms with van der Waals surface area (Å²) in [7, 11) is -0.668. The van der Waals surface area contributed by atoms with Crippen LogP contribution in [0.2, 0.25) is 0 Å². The minimum Gasteiger partial charge on any atom is -0.357 e. The molecule has 1 saturated carbocycles. The summed E-state index contributed by atoms with van der Waals surface area (Å²) in [6.45, 7) is 9.39. The normalized spacial score (nSPS) is 27.7. The molecule has 0 spiro atoms. The molecule has 1 heterocycles. The van der Waals surface area contributed by atoms with Crippen LogP contribution in [-0.2, 0) is 10.8 Å². The van der Waals surface area contributed by atoms with Crippen LogP contribution < -0.4 is 10.6 Å². The highest BCUT2D eigenvalue weighted by Gasteiger charge is 2.26. The van der Waals surface area contributed by atoms with E-state index in [0.717, 1.165) is 50.6 Å². The molecular weight excluding hydrogens is 320 g/mol. The van der Waals surface area contributed by atoms with Crippen molar-refractivity contribution in [3.8, 4) is 0 Å². The molecule has 1 aliphatic carbocycles. The molecule has 24 heavy (non-hydrogen) atoms. The van der Waals surface area contributed by atoms with Gasteiger partial charge in [0.1, 0.15) is 0 Å². The maximum Gasteiger partial charge on any atom is 0.191 e. The van der Waals surface area contributed by atoms with E-state index in [4.69, 9.17) is 4.99 Å². The topological polar surface area (TPSA) is 56.7 Å². The van der Waals surface area contributed by atoms with Crippen LogP contribution >= 0.6 is 0 Å². The lowest BCUT2D eigenvalue weighted by Crippen LogP contribution is -2.47. The van der Waals surface area contributed by atoms with Crippen molar-refractivity contribution in [2.75, 3.05) is 38.5 Å². The highest BCUT2D eigenvalue weighted by atomic mass is 32.2. The summed E-state index contributed by atoms with van der Waals surface area (Å²) in [5, 5.41) is 7.32. The van der Waals surface area contributed by atoms with Crippen molar-refractivity contribution in [3.63, 3.8) is 0 Å². The Kier molecular flexibility index (Phi) is 9.10. The zero-order valence-corrected chi connectivity index (χ0v) is 16.4. The van der Waals surface area contributed by atoms with Crippen LogP contribution in [0.5, 0.6) is 0 Å². The molecule has 2 aliphatic rings. The summed E-state index contributed by atoms with van der Waals surface area (Å²) in [5.41, 5.74) is 0. The third-order valence-corrected chi connectivity index (χ3v) is 6.84. The Morgan fingerprint density at radius 3 is 2.67 bits per heavy atom. The molecule has 0 bridgehead atoms. The van der Waals surface area contributed by atoms with E-state index in [-0.39, 0.29) is 0 Å². The minimum absolute atomic E-state index is 0.359. The number of nitrogens with one attached hydrogen (secondary N) is 2. The van der Waals surface area contributed by atoms with E-state index in [9.17, 15) is 4.21 Å². The van der Waals surface area contributed by atoms with Gasteiger partial charge in [0.25, 0.3) is 0 Å². The van der Waals surface area contributed by atoms with Gasteiger partial charge in [-0.2, -0.15) is 0 Å². The smallest absolute Gasteiger partial charge is 0.191 e. The molecule has 3 unspecified atom stereocenters. The highest BCUT2D eigenvalue weighted by Crippen LogP contribution is 2.22. The second-order valence-corrected chi connectivity index (χ2v) is 8.97. The first kappa shape index (κ1) is 19.7. The molecular formula is C18H36N4OS. The molecule has 0 aromatic rings. The molecule has 0 aromatic carbocycles. The Bertz CT molecular complexity index is 410. The van der Waals surface area contributed by atoms with Crippen LogP contribution in [-0.4, -0.2) is 64.8 Å². The van der Waals surface area contributed by atoms with E-state index < -0.39 is 10.8 Å². The molecule has 2 N–H and O–H groups in total. The van der Waals surface area contributed by atoms with Crippen LogP contribution in [0.3, 0.4) is 0 Å². The van der Waals surface area contributed by atoms with E-state index >= 15 is 0 Å². The molecule has 0 radical (unpaired) electrons. The standard InChI is InChI=1S/C18H36N4OS/c1-3-19-18(20-11-14-22-12-6-5-7-13-22)21-16-9-8-10-17(15-16)24(23)4-2/h16-17H,3-15H2,1-2H3,(H2,19,20,21). The maximum absolute atomic E-state index is 12.1. The van der Waals surface area contributed by atoms with Crippen molar-refractivity contribution < 1.29 is 4.21 Å². The lowest BCUT2D eigenvalue weighted by Gasteiger charge is -2.30. The lowest BCUT2D eigenvalue weighted by molar-refractivity contribution is 0.235. The van der Waals surface area contributed by atoms with Crippen LogP contribution in [0.4, 0.5) is 0 Å². The fraction of sp³-hybridized carbons (Fsp3) is 0.944. The van der Waals surface area contributed by atoms with Gasteiger partial charge in [-0.05, 0) is 52.1 Å². The number of hydrogen-bond acceptors (Lipinski definition) is 3. The van der Waals surface area contributed by atoms with Gasteiger partial charge in [0.15, 0.2) is 5.96 Å². The molecule has 0 amide bonds. The second-order valence-electron chi connectivity index (χ2n) is 6.96. The molecule has 0 aromatic heterocycles. The van der Waals surface area contributed by atoms with Gasteiger partial charge >= 0.3 is 0 Å².